The van der Waals surface area contributed by atoms with Gasteiger partial charge in [-0.25, -0.2) is 4.39 Å². The molecule has 1 N–H and O–H groups in total. The van der Waals surface area contributed by atoms with E-state index in [1.807, 2.05) is 0 Å². The number of likely N-dealkylation sites (tertiary alicyclic amines) is 1. The maximum Gasteiger partial charge on any atom is 0.251 e. The van der Waals surface area contributed by atoms with Gasteiger partial charge in [0.15, 0.2) is 0 Å². The number of carbonyl (C=O) groups is 1. The molecule has 0 aromatic heterocycles. The fourth-order valence-corrected chi connectivity index (χ4v) is 2.49. The highest BCUT2D eigenvalue weighted by atomic mass is 19.1. The van der Waals surface area contributed by atoms with Gasteiger partial charge < -0.3 is 10.2 Å². The van der Waals surface area contributed by atoms with Crippen LogP contribution in [0, 0.1) is 11.7 Å². The van der Waals surface area contributed by atoms with Gasteiger partial charge >= 0.3 is 0 Å². The van der Waals surface area contributed by atoms with Crippen LogP contribution in [0.25, 0.3) is 0 Å². The maximum absolute atomic E-state index is 12.8. The minimum absolute atomic E-state index is 0.128. The van der Waals surface area contributed by atoms with Crippen molar-refractivity contribution < 1.29 is 9.18 Å². The van der Waals surface area contributed by atoms with Crippen LogP contribution in [-0.2, 0) is 0 Å². The molecule has 20 heavy (non-hydrogen) atoms. The number of amides is 1. The van der Waals surface area contributed by atoms with Crippen LogP contribution in [0.5, 0.6) is 0 Å². The van der Waals surface area contributed by atoms with Crippen molar-refractivity contribution in [3.05, 3.63) is 35.6 Å². The normalized spacial score (nSPS) is 17.1. The lowest BCUT2D eigenvalue weighted by Gasteiger charge is -2.30. The molecule has 1 aliphatic heterocycles. The van der Waals surface area contributed by atoms with Crippen molar-refractivity contribution in [3.8, 4) is 0 Å². The van der Waals surface area contributed by atoms with Gasteiger partial charge in [-0.3, -0.25) is 4.79 Å². The van der Waals surface area contributed by atoms with Crippen LogP contribution in [0.15, 0.2) is 24.3 Å². The van der Waals surface area contributed by atoms with E-state index in [1.54, 1.807) is 0 Å². The molecule has 0 bridgehead atoms. The third-order valence-corrected chi connectivity index (χ3v) is 3.92. The van der Waals surface area contributed by atoms with Crippen molar-refractivity contribution in [3.63, 3.8) is 0 Å². The highest BCUT2D eigenvalue weighted by Crippen LogP contribution is 2.15. The van der Waals surface area contributed by atoms with Gasteiger partial charge in [-0.1, -0.05) is 6.92 Å². The number of carbonyl (C=O) groups excluding carboxylic acids is 1. The third kappa shape index (κ3) is 4.60. The Hall–Kier alpha value is -1.42. The summed E-state index contributed by atoms with van der Waals surface area (Å²) in [6.45, 7) is 6.36. The quantitative estimate of drug-likeness (QED) is 0.840. The summed E-state index contributed by atoms with van der Waals surface area (Å²) in [6.07, 6.45) is 3.52. The molecule has 1 aliphatic rings. The molecule has 0 saturated carbocycles. The first kappa shape index (κ1) is 15.0. The van der Waals surface area contributed by atoms with E-state index in [-0.39, 0.29) is 11.7 Å². The first-order valence-corrected chi connectivity index (χ1v) is 7.41. The monoisotopic (exact) mass is 278 g/mol. The highest BCUT2D eigenvalue weighted by molar-refractivity contribution is 5.94. The summed E-state index contributed by atoms with van der Waals surface area (Å²) < 4.78 is 12.8. The van der Waals surface area contributed by atoms with E-state index in [4.69, 9.17) is 0 Å². The van der Waals surface area contributed by atoms with Crippen LogP contribution in [-0.4, -0.2) is 37.0 Å². The lowest BCUT2D eigenvalue weighted by molar-refractivity contribution is 0.0950. The number of nitrogens with one attached hydrogen (secondary N) is 1. The van der Waals surface area contributed by atoms with Gasteiger partial charge in [0.2, 0.25) is 0 Å². The van der Waals surface area contributed by atoms with E-state index in [0.29, 0.717) is 12.1 Å². The topological polar surface area (TPSA) is 32.3 Å². The zero-order valence-electron chi connectivity index (χ0n) is 12.1. The third-order valence-electron chi connectivity index (χ3n) is 3.92. The summed E-state index contributed by atoms with van der Waals surface area (Å²) in [5.41, 5.74) is 0.512. The summed E-state index contributed by atoms with van der Waals surface area (Å²) in [5, 5.41) is 2.88. The fourth-order valence-electron chi connectivity index (χ4n) is 2.49. The number of hydrogen-bond acceptors (Lipinski definition) is 2. The summed E-state index contributed by atoms with van der Waals surface area (Å²) in [5.74, 6) is 0.405. The van der Waals surface area contributed by atoms with Crippen LogP contribution in [0.4, 0.5) is 4.39 Å². The van der Waals surface area contributed by atoms with Gasteiger partial charge in [-0.2, -0.15) is 0 Å². The molecular weight excluding hydrogens is 255 g/mol. The Kier molecular flexibility index (Phi) is 5.53. The number of benzene rings is 1. The van der Waals surface area contributed by atoms with Gasteiger partial charge in [0.25, 0.3) is 5.91 Å². The van der Waals surface area contributed by atoms with E-state index >= 15 is 0 Å². The zero-order valence-corrected chi connectivity index (χ0v) is 12.1. The predicted molar refractivity (Wildman–Crippen MR) is 78.2 cm³/mol. The Balaban J connectivity index is 1.63. The number of rotatable bonds is 5. The van der Waals surface area contributed by atoms with E-state index in [1.165, 1.54) is 50.2 Å². The van der Waals surface area contributed by atoms with E-state index < -0.39 is 0 Å². The number of piperidine rings is 1. The SMILES string of the molecule is CC1CCN(CCCNC(=O)c2ccc(F)cc2)CC1. The van der Waals surface area contributed by atoms with Crippen molar-refractivity contribution >= 4 is 5.91 Å². The first-order chi connectivity index (χ1) is 9.65. The van der Waals surface area contributed by atoms with E-state index in [2.05, 4.69) is 17.1 Å². The maximum atomic E-state index is 12.8. The number of halogens is 1. The molecule has 0 spiro atoms. The molecular formula is C16H23FN2O. The standard InChI is InChI=1S/C16H23FN2O/c1-13-7-11-19(12-8-13)10-2-9-18-16(20)14-3-5-15(17)6-4-14/h3-6,13H,2,7-12H2,1H3,(H,18,20). The Morgan fingerprint density at radius 3 is 2.60 bits per heavy atom. The second-order valence-corrected chi connectivity index (χ2v) is 5.64. The van der Waals surface area contributed by atoms with Crippen molar-refractivity contribution in [2.75, 3.05) is 26.2 Å². The second-order valence-electron chi connectivity index (χ2n) is 5.64. The molecule has 0 aliphatic carbocycles. The molecule has 1 aromatic carbocycles. The van der Waals surface area contributed by atoms with Crippen LogP contribution >= 0.6 is 0 Å². The lowest BCUT2D eigenvalue weighted by atomic mass is 9.99. The van der Waals surface area contributed by atoms with Gasteiger partial charge in [0, 0.05) is 12.1 Å². The molecule has 1 amide bonds. The smallest absolute Gasteiger partial charge is 0.251 e. The Labute approximate surface area is 120 Å². The average Bonchev–Trinajstić information content (AvgIpc) is 2.46. The molecule has 1 heterocycles. The second kappa shape index (κ2) is 7.39. The molecule has 4 heteroatoms. The summed E-state index contributed by atoms with van der Waals surface area (Å²) in [6, 6.07) is 5.64. The molecule has 110 valence electrons. The minimum Gasteiger partial charge on any atom is -0.352 e. The molecule has 3 nitrogen and oxygen atoms in total. The summed E-state index contributed by atoms with van der Waals surface area (Å²) >= 11 is 0. The molecule has 1 saturated heterocycles. The lowest BCUT2D eigenvalue weighted by Crippen LogP contribution is -2.35. The van der Waals surface area contributed by atoms with Gasteiger partial charge in [0.05, 0.1) is 0 Å². The summed E-state index contributed by atoms with van der Waals surface area (Å²) in [4.78, 5) is 14.3. The van der Waals surface area contributed by atoms with Crippen LogP contribution in [0.2, 0.25) is 0 Å². The van der Waals surface area contributed by atoms with Gasteiger partial charge in [-0.15, -0.1) is 0 Å². The van der Waals surface area contributed by atoms with E-state index in [0.717, 1.165) is 18.9 Å². The fraction of sp³-hybridized carbons (Fsp3) is 0.562. The zero-order chi connectivity index (χ0) is 14.4. The molecule has 0 radical (unpaired) electrons. The molecule has 0 unspecified atom stereocenters. The van der Waals surface area contributed by atoms with Crippen LogP contribution in [0.3, 0.4) is 0 Å². The van der Waals surface area contributed by atoms with Crippen molar-refractivity contribution in [1.82, 2.24) is 10.2 Å². The number of hydrogen-bond donors (Lipinski definition) is 1. The molecule has 1 fully saturated rings. The summed E-state index contributed by atoms with van der Waals surface area (Å²) in [7, 11) is 0. The Bertz CT molecular complexity index is 425. The minimum atomic E-state index is -0.319. The van der Waals surface area contributed by atoms with Crippen molar-refractivity contribution in [1.29, 1.82) is 0 Å². The van der Waals surface area contributed by atoms with E-state index in [9.17, 15) is 9.18 Å². The largest absolute Gasteiger partial charge is 0.352 e. The molecule has 1 aromatic rings. The average molecular weight is 278 g/mol. The first-order valence-electron chi connectivity index (χ1n) is 7.41. The van der Waals surface area contributed by atoms with Gasteiger partial charge in [-0.05, 0) is 69.1 Å². The molecule has 0 atom stereocenters. The van der Waals surface area contributed by atoms with Crippen molar-refractivity contribution in [2.45, 2.75) is 26.2 Å². The van der Waals surface area contributed by atoms with Gasteiger partial charge in [0.1, 0.15) is 5.82 Å². The van der Waals surface area contributed by atoms with Crippen molar-refractivity contribution in [2.24, 2.45) is 5.92 Å². The highest BCUT2D eigenvalue weighted by Gasteiger charge is 2.14. The molecule has 2 rings (SSSR count). The Morgan fingerprint density at radius 1 is 1.30 bits per heavy atom. The Morgan fingerprint density at radius 2 is 1.95 bits per heavy atom. The number of nitrogens with zero attached hydrogens (tertiary/aromatic N) is 1. The predicted octanol–water partition coefficient (Wildman–Crippen LogP) is 2.68. The van der Waals surface area contributed by atoms with Crippen LogP contribution < -0.4 is 5.32 Å². The van der Waals surface area contributed by atoms with Crippen LogP contribution in [0.1, 0.15) is 36.5 Å².